The summed E-state index contributed by atoms with van der Waals surface area (Å²) in [6.45, 7) is 2.06. The number of anilines is 1. The monoisotopic (exact) mass is 244 g/mol. The molecular formula is C15H20N2O. The number of para-hydroxylation sites is 1. The van der Waals surface area contributed by atoms with Crippen molar-refractivity contribution in [1.82, 2.24) is 0 Å². The number of hydrogen-bond donors (Lipinski definition) is 1. The fourth-order valence-corrected chi connectivity index (χ4v) is 2.56. The molecule has 0 atom stereocenters. The van der Waals surface area contributed by atoms with Gasteiger partial charge in [0.1, 0.15) is 5.54 Å². The molecule has 0 amide bonds. The van der Waals surface area contributed by atoms with Crippen LogP contribution in [0, 0.1) is 18.3 Å². The van der Waals surface area contributed by atoms with E-state index in [1.165, 1.54) is 5.56 Å². The second-order valence-corrected chi connectivity index (χ2v) is 5.07. The number of benzene rings is 1. The lowest BCUT2D eigenvalue weighted by atomic mass is 9.81. The lowest BCUT2D eigenvalue weighted by molar-refractivity contribution is 0.0611. The van der Waals surface area contributed by atoms with Crippen molar-refractivity contribution in [2.45, 2.75) is 44.2 Å². The van der Waals surface area contributed by atoms with Crippen molar-refractivity contribution in [3.05, 3.63) is 29.8 Å². The fourth-order valence-electron chi connectivity index (χ4n) is 2.56. The van der Waals surface area contributed by atoms with E-state index in [0.29, 0.717) is 6.10 Å². The van der Waals surface area contributed by atoms with Gasteiger partial charge in [0.2, 0.25) is 0 Å². The van der Waals surface area contributed by atoms with Crippen molar-refractivity contribution >= 4 is 5.69 Å². The number of aryl methyl sites for hydroxylation is 1. The summed E-state index contributed by atoms with van der Waals surface area (Å²) in [6.07, 6.45) is 3.89. The first-order valence-electron chi connectivity index (χ1n) is 6.47. The molecule has 0 bridgehead atoms. The molecule has 0 spiro atoms. The molecule has 0 unspecified atom stereocenters. The van der Waals surface area contributed by atoms with Gasteiger partial charge in [0, 0.05) is 12.8 Å². The van der Waals surface area contributed by atoms with Crippen LogP contribution in [0.5, 0.6) is 0 Å². The van der Waals surface area contributed by atoms with Gasteiger partial charge in [-0.05, 0) is 44.2 Å². The highest BCUT2D eigenvalue weighted by Gasteiger charge is 2.35. The maximum Gasteiger partial charge on any atom is 0.125 e. The Morgan fingerprint density at radius 2 is 2.00 bits per heavy atom. The third-order valence-corrected chi connectivity index (χ3v) is 3.85. The molecule has 0 saturated heterocycles. The molecule has 1 aliphatic rings. The van der Waals surface area contributed by atoms with Crippen LogP contribution in [0.1, 0.15) is 31.2 Å². The van der Waals surface area contributed by atoms with Crippen LogP contribution in [-0.2, 0) is 4.74 Å². The predicted octanol–water partition coefficient (Wildman–Crippen LogP) is 3.26. The smallest absolute Gasteiger partial charge is 0.125 e. The normalized spacial score (nSPS) is 27.5. The second-order valence-electron chi connectivity index (χ2n) is 5.07. The Hall–Kier alpha value is -1.53. The molecule has 18 heavy (non-hydrogen) atoms. The highest BCUT2D eigenvalue weighted by molar-refractivity contribution is 5.53. The van der Waals surface area contributed by atoms with Crippen molar-refractivity contribution < 1.29 is 4.74 Å². The first kappa shape index (κ1) is 12.9. The van der Waals surface area contributed by atoms with Gasteiger partial charge in [0.15, 0.2) is 0 Å². The highest BCUT2D eigenvalue weighted by Crippen LogP contribution is 2.33. The molecule has 0 aliphatic heterocycles. The maximum atomic E-state index is 9.50. The number of nitrogens with zero attached hydrogens (tertiary/aromatic N) is 1. The summed E-state index contributed by atoms with van der Waals surface area (Å²) in [4.78, 5) is 0. The summed E-state index contributed by atoms with van der Waals surface area (Å²) in [7, 11) is 1.75. The van der Waals surface area contributed by atoms with Crippen LogP contribution in [-0.4, -0.2) is 18.8 Å². The molecular weight excluding hydrogens is 224 g/mol. The SMILES string of the molecule is COC1CCC(C#N)(Nc2ccccc2C)CC1. The molecule has 3 heteroatoms. The second kappa shape index (κ2) is 5.41. The Labute approximate surface area is 109 Å². The molecule has 0 radical (unpaired) electrons. The standard InChI is InChI=1S/C15H20N2O/c1-12-5-3-4-6-14(12)17-15(11-16)9-7-13(18-2)8-10-15/h3-6,13,17H,7-10H2,1-2H3. The number of methoxy groups -OCH3 is 1. The number of hydrogen-bond acceptors (Lipinski definition) is 3. The molecule has 0 heterocycles. The van der Waals surface area contributed by atoms with E-state index in [2.05, 4.69) is 24.4 Å². The van der Waals surface area contributed by atoms with Crippen molar-refractivity contribution in [2.24, 2.45) is 0 Å². The van der Waals surface area contributed by atoms with E-state index in [9.17, 15) is 5.26 Å². The largest absolute Gasteiger partial charge is 0.381 e. The summed E-state index contributed by atoms with van der Waals surface area (Å²) >= 11 is 0. The summed E-state index contributed by atoms with van der Waals surface area (Å²) in [5, 5.41) is 12.9. The minimum atomic E-state index is -0.429. The van der Waals surface area contributed by atoms with E-state index in [4.69, 9.17) is 4.74 Å². The topological polar surface area (TPSA) is 45.0 Å². The number of nitriles is 1. The molecule has 1 fully saturated rings. The molecule has 96 valence electrons. The molecule has 3 nitrogen and oxygen atoms in total. The van der Waals surface area contributed by atoms with Crippen molar-refractivity contribution in [3.63, 3.8) is 0 Å². The Balaban J connectivity index is 2.11. The minimum Gasteiger partial charge on any atom is -0.381 e. The quantitative estimate of drug-likeness (QED) is 0.887. The van der Waals surface area contributed by atoms with Crippen LogP contribution in [0.15, 0.2) is 24.3 Å². The molecule has 1 aromatic rings. The Morgan fingerprint density at radius 1 is 1.33 bits per heavy atom. The van der Waals surface area contributed by atoms with Gasteiger partial charge < -0.3 is 10.1 Å². The van der Waals surface area contributed by atoms with Crippen LogP contribution in [0.3, 0.4) is 0 Å². The van der Waals surface area contributed by atoms with Crippen LogP contribution in [0.25, 0.3) is 0 Å². The van der Waals surface area contributed by atoms with Gasteiger partial charge in [-0.15, -0.1) is 0 Å². The van der Waals surface area contributed by atoms with Gasteiger partial charge in [0.25, 0.3) is 0 Å². The van der Waals surface area contributed by atoms with Crippen LogP contribution < -0.4 is 5.32 Å². The van der Waals surface area contributed by atoms with E-state index >= 15 is 0 Å². The van der Waals surface area contributed by atoms with Crippen molar-refractivity contribution in [3.8, 4) is 6.07 Å². The fraction of sp³-hybridized carbons (Fsp3) is 0.533. The minimum absolute atomic E-state index is 0.310. The third-order valence-electron chi connectivity index (χ3n) is 3.85. The molecule has 1 saturated carbocycles. The number of nitrogens with one attached hydrogen (secondary N) is 1. The van der Waals surface area contributed by atoms with E-state index in [0.717, 1.165) is 31.4 Å². The summed E-state index contributed by atoms with van der Waals surface area (Å²) in [5.41, 5.74) is 1.82. The van der Waals surface area contributed by atoms with Crippen LogP contribution >= 0.6 is 0 Å². The molecule has 2 rings (SSSR count). The lowest BCUT2D eigenvalue weighted by Crippen LogP contribution is -2.42. The average Bonchev–Trinajstić information content (AvgIpc) is 2.42. The third kappa shape index (κ3) is 2.65. The summed E-state index contributed by atoms with van der Waals surface area (Å²) in [6, 6.07) is 10.6. The van der Waals surface area contributed by atoms with Crippen LogP contribution in [0.2, 0.25) is 0 Å². The molecule has 1 N–H and O–H groups in total. The Bertz CT molecular complexity index is 442. The molecule has 1 aromatic carbocycles. The number of rotatable bonds is 3. The summed E-state index contributed by atoms with van der Waals surface area (Å²) in [5.74, 6) is 0. The van der Waals surface area contributed by atoms with Crippen LogP contribution in [0.4, 0.5) is 5.69 Å². The molecule has 0 aromatic heterocycles. The zero-order valence-electron chi connectivity index (χ0n) is 11.1. The van der Waals surface area contributed by atoms with E-state index in [-0.39, 0.29) is 0 Å². The van der Waals surface area contributed by atoms with Gasteiger partial charge in [-0.2, -0.15) is 5.26 Å². The van der Waals surface area contributed by atoms with E-state index in [1.807, 2.05) is 18.2 Å². The first-order chi connectivity index (χ1) is 8.69. The summed E-state index contributed by atoms with van der Waals surface area (Å²) < 4.78 is 5.37. The zero-order chi connectivity index (χ0) is 13.0. The van der Waals surface area contributed by atoms with Gasteiger partial charge in [0.05, 0.1) is 12.2 Å². The first-order valence-corrected chi connectivity index (χ1v) is 6.47. The highest BCUT2D eigenvalue weighted by atomic mass is 16.5. The zero-order valence-corrected chi connectivity index (χ0v) is 11.1. The molecule has 1 aliphatic carbocycles. The van der Waals surface area contributed by atoms with Gasteiger partial charge in [-0.25, -0.2) is 0 Å². The van der Waals surface area contributed by atoms with Crippen molar-refractivity contribution in [1.29, 1.82) is 5.26 Å². The van der Waals surface area contributed by atoms with E-state index in [1.54, 1.807) is 7.11 Å². The van der Waals surface area contributed by atoms with Gasteiger partial charge in [-0.1, -0.05) is 18.2 Å². The maximum absolute atomic E-state index is 9.50. The number of ether oxygens (including phenoxy) is 1. The average molecular weight is 244 g/mol. The van der Waals surface area contributed by atoms with Gasteiger partial charge >= 0.3 is 0 Å². The Kier molecular flexibility index (Phi) is 3.88. The predicted molar refractivity (Wildman–Crippen MR) is 72.4 cm³/mol. The van der Waals surface area contributed by atoms with Gasteiger partial charge in [-0.3, -0.25) is 0 Å². The van der Waals surface area contributed by atoms with E-state index < -0.39 is 5.54 Å². The van der Waals surface area contributed by atoms with Crippen molar-refractivity contribution in [2.75, 3.05) is 12.4 Å². The lowest BCUT2D eigenvalue weighted by Gasteiger charge is -2.36. The Morgan fingerprint density at radius 3 is 2.56 bits per heavy atom.